The minimum absolute atomic E-state index is 0.0567. The lowest BCUT2D eigenvalue weighted by Crippen LogP contribution is -2.59. The van der Waals surface area contributed by atoms with E-state index in [4.69, 9.17) is 61.1 Å². The summed E-state index contributed by atoms with van der Waals surface area (Å²) >= 11 is 14.5. The first kappa shape index (κ1) is 101. The van der Waals surface area contributed by atoms with Gasteiger partial charge in [-0.15, -0.1) is 0 Å². The summed E-state index contributed by atoms with van der Waals surface area (Å²) in [5.41, 5.74) is -4.67. The number of anilines is 1. The highest BCUT2D eigenvalue weighted by Crippen LogP contribution is 2.59. The first-order valence-corrected chi connectivity index (χ1v) is 46.0. The summed E-state index contributed by atoms with van der Waals surface area (Å²) in [5.74, 6) is -18.2. The zero-order chi connectivity index (χ0) is 98.0. The highest BCUT2D eigenvalue weighted by molar-refractivity contribution is 6.32. The second-order valence-electron chi connectivity index (χ2n) is 39.5. The van der Waals surface area contributed by atoms with Gasteiger partial charge in [0.25, 0.3) is 0 Å². The summed E-state index contributed by atoms with van der Waals surface area (Å²) in [6.45, 7) is 18.4. The number of likely N-dealkylation sites (N-methyl/N-ethyl adjacent to an activating group) is 1. The van der Waals surface area contributed by atoms with E-state index >= 15 is 33.6 Å². The SMILES string of the molecule is CC(C)C[C@H](C(=O)N[C@H]1C(=O)C[C@@H](CC(=O)NC(=O)Nc2ccc(OCCCC(=O)OC(C)(C)C)cc2)C(=O)NC2C(=O)C[C@H]3C(=O)N[C@H](C(=O)N[C@H](C(=O)CC4C5CC6CC(C5)CC4C6)c4cc(O)cc(O)c4-c4cc3ccc4O)[C@H](O)c3ccc(c(Cl)c3)Oc3cc2cc(c3O[C@@H]2O[C@H](CCC(=O)OC(C)(C)C)[C@@H](O)[C@H](O)[C@H]2O)Oc2ccc(cc2Cl)[C@H]1O)N(C)C(=O)OC(C)(C)C. The first-order valence-electron chi connectivity index (χ1n) is 45.3. The quantitative estimate of drug-likeness (QED) is 0.0181. The summed E-state index contributed by atoms with van der Waals surface area (Å²) in [6, 6.07) is 9.31. The fourth-order valence-electron chi connectivity index (χ4n) is 19.0. The number of halogens is 2. The van der Waals surface area contributed by atoms with Crippen molar-refractivity contribution in [2.24, 2.45) is 41.4 Å². The van der Waals surface area contributed by atoms with Gasteiger partial charge in [-0.05, 0) is 256 Å². The maximum atomic E-state index is 16.8. The molecule has 6 aromatic rings. The van der Waals surface area contributed by atoms with Crippen molar-refractivity contribution in [3.8, 4) is 62.9 Å². The molecule has 0 radical (unpaired) electrons. The van der Waals surface area contributed by atoms with Crippen LogP contribution < -0.4 is 50.8 Å². The number of aliphatic hydroxyl groups is 5. The first-order chi connectivity index (χ1) is 63.5. The smallest absolute Gasteiger partial charge is 0.410 e. The number of urea groups is 1. The number of fused-ring (bicyclic) bond motifs is 15. The summed E-state index contributed by atoms with van der Waals surface area (Å²) in [6.07, 6.45) is -14.8. The van der Waals surface area contributed by atoms with E-state index in [1.165, 1.54) is 67.7 Å². The number of aliphatic hydroxyl groups excluding tert-OH is 5. The van der Waals surface area contributed by atoms with Crippen molar-refractivity contribution in [3.63, 3.8) is 0 Å². The maximum absolute atomic E-state index is 16.8. The molecule has 8 amide bonds. The van der Waals surface area contributed by atoms with Crippen LogP contribution in [0.15, 0.2) is 103 Å². The van der Waals surface area contributed by atoms with Crippen LogP contribution in [0.5, 0.6) is 51.7 Å². The summed E-state index contributed by atoms with van der Waals surface area (Å²) < 4.78 is 48.7. The van der Waals surface area contributed by atoms with Gasteiger partial charge in [-0.1, -0.05) is 55.2 Å². The number of imide groups is 1. The second-order valence-corrected chi connectivity index (χ2v) is 40.3. The van der Waals surface area contributed by atoms with E-state index in [9.17, 15) is 64.8 Å². The second kappa shape index (κ2) is 41.5. The maximum Gasteiger partial charge on any atom is 0.410 e. The lowest BCUT2D eigenvalue weighted by molar-refractivity contribution is -0.273. The number of ether oxygens (including phenoxy) is 8. The molecule has 15 bridgehead atoms. The van der Waals surface area contributed by atoms with Crippen LogP contribution in [-0.2, 0) is 66.9 Å². The number of Topliss-reactive ketones (excluding diaryl/α,β-unsaturated/α-hetero) is 3. The molecule has 4 saturated carbocycles. The lowest BCUT2D eigenvalue weighted by atomic mass is 9.51. The Morgan fingerprint density at radius 3 is 1.78 bits per heavy atom. The monoisotopic (exact) mass is 1910 g/mol. The van der Waals surface area contributed by atoms with E-state index in [1.807, 2.05) is 0 Å². The van der Waals surface area contributed by atoms with Crippen molar-refractivity contribution >= 4 is 99.8 Å². The zero-order valence-electron chi connectivity index (χ0n) is 76.9. The molecule has 37 heteroatoms. The topological polar surface area (TPSA) is 516 Å². The van der Waals surface area contributed by atoms with Crippen LogP contribution in [-0.4, -0.2) is 196 Å². The van der Waals surface area contributed by atoms with E-state index < -0.39 is 248 Å². The number of rotatable bonds is 21. The van der Waals surface area contributed by atoms with Crippen LogP contribution in [0.4, 0.5) is 15.3 Å². The number of nitrogens with zero attached hydrogens (tertiary/aromatic N) is 1. The predicted molar refractivity (Wildman–Crippen MR) is 486 cm³/mol. The van der Waals surface area contributed by atoms with E-state index in [0.717, 1.165) is 79.5 Å². The molecule has 6 aliphatic heterocycles. The van der Waals surface area contributed by atoms with Gasteiger partial charge < -0.3 is 105 Å². The molecule has 4 aliphatic carbocycles. The van der Waals surface area contributed by atoms with Gasteiger partial charge in [0.05, 0.1) is 34.6 Å². The van der Waals surface area contributed by atoms with Gasteiger partial charge in [0.15, 0.2) is 28.8 Å². The lowest BCUT2D eigenvalue weighted by Gasteiger charge is -2.54. The molecule has 1 saturated heterocycles. The van der Waals surface area contributed by atoms with Crippen molar-refractivity contribution in [2.45, 2.75) is 262 Å². The van der Waals surface area contributed by atoms with Gasteiger partial charge in [-0.2, -0.15) is 0 Å². The van der Waals surface area contributed by atoms with Crippen molar-refractivity contribution in [1.82, 2.24) is 31.5 Å². The highest BCUT2D eigenvalue weighted by Gasteiger charge is 2.52. The fourth-order valence-corrected chi connectivity index (χ4v) is 19.5. The van der Waals surface area contributed by atoms with Gasteiger partial charge in [0, 0.05) is 68.5 Å². The summed E-state index contributed by atoms with van der Waals surface area (Å²) in [4.78, 5) is 182. The van der Waals surface area contributed by atoms with Gasteiger partial charge in [-0.3, -0.25) is 58.2 Å². The van der Waals surface area contributed by atoms with Crippen molar-refractivity contribution in [2.75, 3.05) is 19.0 Å². The Kier molecular flexibility index (Phi) is 30.9. The molecule has 14 atom stereocenters. The van der Waals surface area contributed by atoms with E-state index in [0.29, 0.717) is 24.0 Å². The Morgan fingerprint density at radius 2 is 1.19 bits per heavy atom. The van der Waals surface area contributed by atoms with Crippen LogP contribution in [0.3, 0.4) is 0 Å². The standard InChI is InChI=1S/C98H117Cl2N7O28/c1-45(2)28-64(107(12)95(127)135-98(9,10)11)91(124)105-81-67(111)37-54(40-75(114)102-94(126)101-55-18-20-57(21-19-55)128-27-13-14-76(115)133-96(3,4)5)89(122)103-79-53-38-73(129-70-23-16-49(83(81)117)35-62(70)99)88(132-93-87(121)86(120)85(119)72(131-93)25-26-77(116)134-97(6,7)8)74(39-53)130-71-24-17-50(36-63(71)100)84(118)82-92(125)104-80(69(113)43-58-51-30-46-29-47(32-51)33-52(58)31-46)61-41-56(108)42-66(110)78(61)60-34-48(15-22-65(60)109)59(44-68(79)112)90(123)106-82/h15-24,34-36,38-39,41-42,45-47,51-52,54,58-59,64,72,79-87,93,108-110,117-121H,13-14,25-33,37,40,43-44H2,1-12H3,(H,103,122)(H,104,125)(H,105,124)(H,106,123)(H2,101,102,114,126)/t46?,47?,51?,52?,54-,58?,59+,64+,72+,79?,80-,81-,82-,83+,84+,85+,86-,87+,93-/m0/s1. The van der Waals surface area contributed by atoms with Crippen molar-refractivity contribution in [1.29, 1.82) is 0 Å². The molecule has 16 rings (SSSR count). The third kappa shape index (κ3) is 24.6. The number of nitrogens with one attached hydrogen (secondary N) is 6. The van der Waals surface area contributed by atoms with Crippen LogP contribution in [0.1, 0.15) is 224 Å². The number of hydrogen-bond donors (Lipinski definition) is 14. The molecule has 0 aromatic heterocycles. The Bertz CT molecular complexity index is 5510. The largest absolute Gasteiger partial charge is 0.508 e. The van der Waals surface area contributed by atoms with E-state index in [1.54, 1.807) is 76.2 Å². The molecular weight excluding hydrogens is 1790 g/mol. The Morgan fingerprint density at radius 1 is 0.593 bits per heavy atom. The predicted octanol–water partition coefficient (Wildman–Crippen LogP) is 11.9. The third-order valence-corrected chi connectivity index (χ3v) is 25.7. The van der Waals surface area contributed by atoms with E-state index in [2.05, 4.69) is 31.9 Å². The number of phenols is 3. The van der Waals surface area contributed by atoms with E-state index in [-0.39, 0.29) is 107 Å². The molecule has 5 fully saturated rings. The number of aromatic hydroxyl groups is 3. The van der Waals surface area contributed by atoms with Crippen molar-refractivity contribution in [3.05, 3.63) is 141 Å². The Hall–Kier alpha value is -11.7. The number of ketones is 3. The molecule has 135 heavy (non-hydrogen) atoms. The minimum Gasteiger partial charge on any atom is -0.508 e. The fraction of sp³-hybridized carbons (Fsp3) is 0.510. The highest BCUT2D eigenvalue weighted by atomic mass is 35.5. The average molecular weight is 1910 g/mol. The number of carbonyl (C=O) groups is 12. The van der Waals surface area contributed by atoms with Gasteiger partial charge in [0.1, 0.15) is 112 Å². The zero-order valence-corrected chi connectivity index (χ0v) is 78.4. The van der Waals surface area contributed by atoms with Gasteiger partial charge in [0.2, 0.25) is 41.6 Å². The molecule has 6 heterocycles. The molecule has 10 aliphatic rings. The number of carbonyl (C=O) groups excluding carboxylic acids is 12. The minimum atomic E-state index is -2.33. The van der Waals surface area contributed by atoms with Crippen molar-refractivity contribution < 1.29 is 136 Å². The molecule has 6 aromatic carbocycles. The number of esters is 2. The number of amides is 8. The normalized spacial score (nSPS) is 25.9. The molecule has 0 spiro atoms. The Labute approximate surface area is 789 Å². The van der Waals surface area contributed by atoms with Crippen LogP contribution in [0.2, 0.25) is 10.0 Å². The van der Waals surface area contributed by atoms with Crippen LogP contribution in [0.25, 0.3) is 11.1 Å². The molecular formula is C98H117Cl2N7O28. The van der Waals surface area contributed by atoms with Crippen LogP contribution >= 0.6 is 23.2 Å². The number of hydrogen-bond acceptors (Lipinski definition) is 28. The number of phenolic OH excluding ortho intramolecular Hbond substituents is 3. The molecule has 726 valence electrons. The average Bonchev–Trinajstić information content (AvgIpc) is 0.755. The summed E-state index contributed by atoms with van der Waals surface area (Å²) in [5, 5.41) is 112. The number of benzene rings is 6. The van der Waals surface area contributed by atoms with Gasteiger partial charge >= 0.3 is 24.1 Å². The molecule has 14 N–H and O–H groups in total. The third-order valence-electron chi connectivity index (χ3n) is 25.1. The van der Waals surface area contributed by atoms with Crippen LogP contribution in [0, 0.1) is 41.4 Å². The molecule has 1 unspecified atom stereocenters. The Balaban J connectivity index is 0.972. The summed E-state index contributed by atoms with van der Waals surface area (Å²) in [7, 11) is 1.27. The molecule has 35 nitrogen and oxygen atoms in total. The van der Waals surface area contributed by atoms with Gasteiger partial charge in [-0.25, -0.2) is 9.59 Å².